The number of ether oxygens (including phenoxy) is 1. The van der Waals surface area contributed by atoms with E-state index in [0.29, 0.717) is 11.1 Å². The van der Waals surface area contributed by atoms with Crippen LogP contribution in [0.15, 0.2) is 22.3 Å². The molecule has 0 aromatic carbocycles. The Balaban J connectivity index is 3.32. The zero-order valence-electron chi connectivity index (χ0n) is 9.80. The molecule has 0 amide bonds. The predicted octanol–water partition coefficient (Wildman–Crippen LogP) is 2.38. The van der Waals surface area contributed by atoms with E-state index < -0.39 is 11.9 Å². The van der Waals surface area contributed by atoms with Crippen LogP contribution in [-0.4, -0.2) is 11.9 Å². The van der Waals surface area contributed by atoms with Gasteiger partial charge in [-0.05, 0) is 33.6 Å². The summed E-state index contributed by atoms with van der Waals surface area (Å²) in [6.45, 7) is 9.16. The van der Waals surface area contributed by atoms with E-state index >= 15 is 0 Å². The molecule has 0 saturated heterocycles. The molecule has 0 aromatic heterocycles. The predicted molar refractivity (Wildman–Crippen MR) is 57.0 cm³/mol. The van der Waals surface area contributed by atoms with Crippen LogP contribution >= 0.6 is 0 Å². The fraction of sp³-hybridized carbons (Fsp3) is 0.500. The zero-order chi connectivity index (χ0) is 11.7. The van der Waals surface area contributed by atoms with Gasteiger partial charge in [0.2, 0.25) is 0 Å². The normalized spacial score (nSPS) is 33.5. The van der Waals surface area contributed by atoms with Crippen LogP contribution in [0.3, 0.4) is 0 Å². The smallest absolute Gasteiger partial charge is 0.341 e. The molecule has 0 atom stereocenters. The van der Waals surface area contributed by atoms with E-state index in [1.165, 1.54) is 0 Å². The Morgan fingerprint density at radius 3 is 1.53 bits per heavy atom. The van der Waals surface area contributed by atoms with Gasteiger partial charge in [-0.15, -0.1) is 0 Å². The molecule has 1 rings (SSSR count). The highest BCUT2D eigenvalue weighted by molar-refractivity contribution is 6.02. The quantitative estimate of drug-likeness (QED) is 0.453. The lowest BCUT2D eigenvalue weighted by Gasteiger charge is -2.20. The zero-order valence-corrected chi connectivity index (χ0v) is 9.80. The van der Waals surface area contributed by atoms with Gasteiger partial charge in [0.05, 0.1) is 0 Å². The van der Waals surface area contributed by atoms with Crippen LogP contribution in [0.4, 0.5) is 0 Å². The molecule has 1 aliphatic heterocycles. The Labute approximate surface area is 89.8 Å². The molecule has 15 heavy (non-hydrogen) atoms. The molecular weight excluding hydrogens is 192 g/mol. The molecule has 0 aliphatic carbocycles. The van der Waals surface area contributed by atoms with Gasteiger partial charge in [0.25, 0.3) is 0 Å². The summed E-state index contributed by atoms with van der Waals surface area (Å²) in [6, 6.07) is 0. The van der Waals surface area contributed by atoms with Crippen LogP contribution in [0.2, 0.25) is 0 Å². The van der Waals surface area contributed by atoms with Crippen LogP contribution in [0.5, 0.6) is 0 Å². The number of allylic oxidation sites excluding steroid dienone is 2. The van der Waals surface area contributed by atoms with Crippen molar-refractivity contribution in [2.45, 2.75) is 34.6 Å². The Morgan fingerprint density at radius 2 is 1.20 bits per heavy atom. The minimum Gasteiger partial charge on any atom is -0.386 e. The van der Waals surface area contributed by atoms with Crippen molar-refractivity contribution in [3.63, 3.8) is 0 Å². The number of carbonyl (C=O) groups is 2. The third-order valence-corrected chi connectivity index (χ3v) is 3.28. The third kappa shape index (κ3) is 2.01. The largest absolute Gasteiger partial charge is 0.386 e. The minimum atomic E-state index is -0.531. The molecule has 0 aromatic rings. The van der Waals surface area contributed by atoms with Crippen LogP contribution in [-0.2, 0) is 14.3 Å². The van der Waals surface area contributed by atoms with Gasteiger partial charge in [-0.2, -0.15) is 0 Å². The average molecular weight is 208 g/mol. The highest BCUT2D eigenvalue weighted by atomic mass is 16.6. The number of esters is 2. The van der Waals surface area contributed by atoms with Crippen molar-refractivity contribution in [1.82, 2.24) is 0 Å². The summed E-state index contributed by atoms with van der Waals surface area (Å²) >= 11 is 0. The summed E-state index contributed by atoms with van der Waals surface area (Å²) in [5, 5.41) is 0. The van der Waals surface area contributed by atoms with Crippen LogP contribution < -0.4 is 0 Å². The maximum Gasteiger partial charge on any atom is 0.341 e. The molecule has 0 unspecified atom stereocenters. The van der Waals surface area contributed by atoms with Crippen molar-refractivity contribution < 1.29 is 14.3 Å². The molecule has 82 valence electrons. The van der Waals surface area contributed by atoms with Crippen molar-refractivity contribution in [2.24, 2.45) is 5.92 Å². The van der Waals surface area contributed by atoms with E-state index in [4.69, 9.17) is 4.74 Å². The average Bonchev–Trinajstić information content (AvgIpc) is 2.22. The number of hydrogen-bond donors (Lipinski definition) is 0. The van der Waals surface area contributed by atoms with E-state index in [9.17, 15) is 9.59 Å². The van der Waals surface area contributed by atoms with E-state index in [1.54, 1.807) is 13.8 Å². The van der Waals surface area contributed by atoms with Gasteiger partial charge in [-0.1, -0.05) is 18.1 Å². The highest BCUT2D eigenvalue weighted by Gasteiger charge is 2.24. The van der Waals surface area contributed by atoms with Gasteiger partial charge in [0.15, 0.2) is 0 Å². The molecular formula is C12H16O3. The van der Waals surface area contributed by atoms with E-state index in [1.807, 2.05) is 20.8 Å². The lowest BCUT2D eigenvalue weighted by Crippen LogP contribution is -2.21. The van der Waals surface area contributed by atoms with Crippen LogP contribution in [0, 0.1) is 5.92 Å². The van der Waals surface area contributed by atoms with Gasteiger partial charge >= 0.3 is 11.9 Å². The number of rotatable bonds is 0. The van der Waals surface area contributed by atoms with Crippen molar-refractivity contribution in [2.75, 3.05) is 0 Å². The van der Waals surface area contributed by atoms with Gasteiger partial charge in [-0.25, -0.2) is 9.59 Å². The Bertz CT molecular complexity index is 350. The molecule has 0 radical (unpaired) electrons. The molecule has 0 N–H and O–H groups in total. The molecule has 0 saturated carbocycles. The van der Waals surface area contributed by atoms with E-state index in [2.05, 4.69) is 0 Å². The van der Waals surface area contributed by atoms with Crippen molar-refractivity contribution >= 4 is 11.9 Å². The van der Waals surface area contributed by atoms with Crippen molar-refractivity contribution in [3.05, 3.63) is 22.3 Å². The number of carbonyl (C=O) groups excluding carboxylic acids is 2. The first-order valence-electron chi connectivity index (χ1n) is 4.97. The molecule has 0 bridgehead atoms. The summed E-state index contributed by atoms with van der Waals surface area (Å²) < 4.78 is 4.71. The number of cyclic esters (lactones) is 2. The fourth-order valence-corrected chi connectivity index (χ4v) is 1.53. The first-order valence-corrected chi connectivity index (χ1v) is 4.97. The number of hydrogen-bond acceptors (Lipinski definition) is 3. The lowest BCUT2D eigenvalue weighted by molar-refractivity contribution is -0.154. The molecule has 1 aliphatic rings. The summed E-state index contributed by atoms with van der Waals surface area (Å²) in [5.41, 5.74) is 2.99. The maximum atomic E-state index is 11.5. The maximum absolute atomic E-state index is 11.5. The second kappa shape index (κ2) is 4.01. The van der Waals surface area contributed by atoms with E-state index in [-0.39, 0.29) is 5.92 Å². The summed E-state index contributed by atoms with van der Waals surface area (Å²) in [5.74, 6) is -0.950. The lowest BCUT2D eigenvalue weighted by atomic mass is 9.88. The summed E-state index contributed by atoms with van der Waals surface area (Å²) in [6.07, 6.45) is 0. The summed E-state index contributed by atoms with van der Waals surface area (Å²) in [7, 11) is 0. The standard InChI is InChI=1S/C12H16O3/c1-6-7(2)9(4)11(13)15-12(14)10(5)8(6)3/h6H,1-5H3/b9-7-,10-8-. The van der Waals surface area contributed by atoms with Crippen LogP contribution in [0.25, 0.3) is 0 Å². The van der Waals surface area contributed by atoms with Gasteiger partial charge < -0.3 is 4.74 Å². The SMILES string of the molecule is C/C1=C(\C)C(C)/C(C)=C(/C)C(=O)OC1=O. The van der Waals surface area contributed by atoms with Crippen LogP contribution in [0.1, 0.15) is 34.6 Å². The highest BCUT2D eigenvalue weighted by Crippen LogP contribution is 2.27. The Morgan fingerprint density at radius 1 is 0.867 bits per heavy atom. The Hall–Kier alpha value is -1.38. The second-order valence-electron chi connectivity index (χ2n) is 4.01. The molecule has 3 heteroatoms. The molecule has 3 nitrogen and oxygen atoms in total. The van der Waals surface area contributed by atoms with E-state index in [0.717, 1.165) is 11.1 Å². The first kappa shape index (κ1) is 11.7. The third-order valence-electron chi connectivity index (χ3n) is 3.28. The van der Waals surface area contributed by atoms with Gasteiger partial charge in [0, 0.05) is 11.1 Å². The molecule has 0 spiro atoms. The summed E-state index contributed by atoms with van der Waals surface area (Å²) in [4.78, 5) is 22.9. The van der Waals surface area contributed by atoms with Gasteiger partial charge in [-0.3, -0.25) is 0 Å². The first-order chi connectivity index (χ1) is 6.86. The second-order valence-corrected chi connectivity index (χ2v) is 4.01. The van der Waals surface area contributed by atoms with Crippen molar-refractivity contribution in [3.8, 4) is 0 Å². The fourth-order valence-electron chi connectivity index (χ4n) is 1.53. The minimum absolute atomic E-state index is 0.113. The van der Waals surface area contributed by atoms with Crippen molar-refractivity contribution in [1.29, 1.82) is 0 Å². The van der Waals surface area contributed by atoms with Gasteiger partial charge in [0.1, 0.15) is 0 Å². The monoisotopic (exact) mass is 208 g/mol. The topological polar surface area (TPSA) is 43.4 Å². The Kier molecular flexibility index (Phi) is 3.12. The molecule has 1 heterocycles. The molecule has 0 fully saturated rings.